The van der Waals surface area contributed by atoms with Crippen molar-refractivity contribution in [3.05, 3.63) is 30.1 Å². The van der Waals surface area contributed by atoms with Crippen molar-refractivity contribution in [2.45, 2.75) is 32.8 Å². The lowest BCUT2D eigenvalue weighted by Crippen LogP contribution is -2.37. The van der Waals surface area contributed by atoms with Crippen LogP contribution < -0.4 is 10.1 Å². The topological polar surface area (TPSA) is 34.1 Å². The highest BCUT2D eigenvalue weighted by Crippen LogP contribution is 2.36. The first kappa shape index (κ1) is 12.7. The predicted octanol–water partition coefficient (Wildman–Crippen LogP) is 2.88. The number of pyridine rings is 1. The average molecular weight is 258 g/mol. The molecule has 3 rings (SSSR count). The third-order valence-corrected chi connectivity index (χ3v) is 3.88. The second-order valence-corrected chi connectivity index (χ2v) is 5.99. The Kier molecular flexibility index (Phi) is 3.56. The maximum absolute atomic E-state index is 5.74. The third-order valence-electron chi connectivity index (χ3n) is 3.88. The number of nitrogens with zero attached hydrogens (tertiary/aromatic N) is 1. The fraction of sp³-hybridized carbons (Fsp3) is 0.562. The van der Waals surface area contributed by atoms with Crippen LogP contribution in [-0.4, -0.2) is 24.2 Å². The first-order valence-corrected chi connectivity index (χ1v) is 7.24. The van der Waals surface area contributed by atoms with Gasteiger partial charge in [-0.1, -0.05) is 6.08 Å². The predicted molar refractivity (Wildman–Crippen MR) is 77.1 cm³/mol. The lowest BCUT2D eigenvalue weighted by molar-refractivity contribution is 0.241. The molecule has 102 valence electrons. The zero-order valence-electron chi connectivity index (χ0n) is 11.7. The van der Waals surface area contributed by atoms with Crippen LogP contribution >= 0.6 is 0 Å². The minimum atomic E-state index is 0.195. The fourth-order valence-corrected chi connectivity index (χ4v) is 3.16. The molecule has 0 amide bonds. The number of ether oxygens (including phenoxy) is 1. The lowest BCUT2D eigenvalue weighted by Gasteiger charge is -2.34. The smallest absolute Gasteiger partial charge is 0.138 e. The van der Waals surface area contributed by atoms with Gasteiger partial charge in [-0.3, -0.25) is 4.98 Å². The summed E-state index contributed by atoms with van der Waals surface area (Å²) in [5.74, 6) is 2.35. The molecule has 1 N–H and O–H groups in total. The number of fused-ring (bicyclic) bond motifs is 2. The van der Waals surface area contributed by atoms with Crippen molar-refractivity contribution in [3.8, 4) is 5.75 Å². The van der Waals surface area contributed by atoms with Gasteiger partial charge in [0.05, 0.1) is 12.3 Å². The highest BCUT2D eigenvalue weighted by Gasteiger charge is 2.26. The van der Waals surface area contributed by atoms with Gasteiger partial charge in [-0.2, -0.15) is 0 Å². The van der Waals surface area contributed by atoms with Crippen molar-refractivity contribution in [2.24, 2.45) is 11.8 Å². The molecule has 0 radical (unpaired) electrons. The van der Waals surface area contributed by atoms with Crippen molar-refractivity contribution in [2.75, 3.05) is 13.1 Å². The summed E-state index contributed by atoms with van der Waals surface area (Å²) < 4.78 is 5.74. The van der Waals surface area contributed by atoms with Gasteiger partial charge < -0.3 is 10.1 Å². The van der Waals surface area contributed by atoms with E-state index in [2.05, 4.69) is 22.4 Å². The van der Waals surface area contributed by atoms with E-state index in [1.165, 1.54) is 17.6 Å². The Morgan fingerprint density at radius 3 is 3.00 bits per heavy atom. The maximum Gasteiger partial charge on any atom is 0.138 e. The Labute approximate surface area is 115 Å². The Bertz CT molecular complexity index is 481. The molecule has 0 aromatic carbocycles. The summed E-state index contributed by atoms with van der Waals surface area (Å²) in [5, 5.41) is 3.51. The summed E-state index contributed by atoms with van der Waals surface area (Å²) in [6.45, 7) is 6.37. The first-order valence-electron chi connectivity index (χ1n) is 7.24. The SMILES string of the molecule is CC(C)Oc1cncc(C2=C[C@@H]3CNC[C@H](C2)C3)c1. The van der Waals surface area contributed by atoms with Crippen LogP contribution in [-0.2, 0) is 0 Å². The van der Waals surface area contributed by atoms with E-state index in [-0.39, 0.29) is 6.10 Å². The minimum Gasteiger partial charge on any atom is -0.489 e. The summed E-state index contributed by atoms with van der Waals surface area (Å²) in [7, 11) is 0. The van der Waals surface area contributed by atoms with Gasteiger partial charge in [0, 0.05) is 12.7 Å². The molecular weight excluding hydrogens is 236 g/mol. The van der Waals surface area contributed by atoms with Crippen LogP contribution in [0.5, 0.6) is 5.75 Å². The minimum absolute atomic E-state index is 0.195. The largest absolute Gasteiger partial charge is 0.489 e. The van der Waals surface area contributed by atoms with Crippen LogP contribution in [0.1, 0.15) is 32.3 Å². The number of hydrogen-bond acceptors (Lipinski definition) is 3. The van der Waals surface area contributed by atoms with Gasteiger partial charge in [0.15, 0.2) is 0 Å². The molecule has 2 bridgehead atoms. The van der Waals surface area contributed by atoms with Crippen LogP contribution in [0.4, 0.5) is 0 Å². The normalized spacial score (nSPS) is 26.2. The second kappa shape index (κ2) is 5.33. The third kappa shape index (κ3) is 2.98. The van der Waals surface area contributed by atoms with Gasteiger partial charge in [-0.15, -0.1) is 0 Å². The number of rotatable bonds is 3. The summed E-state index contributed by atoms with van der Waals surface area (Å²) >= 11 is 0. The van der Waals surface area contributed by atoms with E-state index in [0.717, 1.165) is 31.2 Å². The maximum atomic E-state index is 5.74. The number of hydrogen-bond donors (Lipinski definition) is 1. The van der Waals surface area contributed by atoms with Crippen molar-refractivity contribution in [1.82, 2.24) is 10.3 Å². The highest BCUT2D eigenvalue weighted by atomic mass is 16.5. The zero-order chi connectivity index (χ0) is 13.2. The molecule has 3 nitrogen and oxygen atoms in total. The Hall–Kier alpha value is -1.35. The summed E-state index contributed by atoms with van der Waals surface area (Å²) in [6.07, 6.45) is 8.89. The highest BCUT2D eigenvalue weighted by molar-refractivity contribution is 5.67. The number of aromatic nitrogens is 1. The van der Waals surface area contributed by atoms with E-state index in [0.29, 0.717) is 5.92 Å². The van der Waals surface area contributed by atoms with Crippen LogP contribution in [0, 0.1) is 11.8 Å². The number of allylic oxidation sites excluding steroid dienone is 1. The monoisotopic (exact) mass is 258 g/mol. The van der Waals surface area contributed by atoms with Gasteiger partial charge in [0.1, 0.15) is 5.75 Å². The van der Waals surface area contributed by atoms with Gasteiger partial charge in [0.2, 0.25) is 0 Å². The average Bonchev–Trinajstić information content (AvgIpc) is 2.38. The van der Waals surface area contributed by atoms with Gasteiger partial charge >= 0.3 is 0 Å². The van der Waals surface area contributed by atoms with Crippen molar-refractivity contribution < 1.29 is 4.74 Å². The van der Waals surface area contributed by atoms with Gasteiger partial charge in [-0.25, -0.2) is 0 Å². The molecule has 1 aromatic rings. The van der Waals surface area contributed by atoms with Crippen molar-refractivity contribution in [1.29, 1.82) is 0 Å². The molecule has 0 spiro atoms. The molecule has 2 atom stereocenters. The second-order valence-electron chi connectivity index (χ2n) is 5.99. The molecule has 1 saturated heterocycles. The van der Waals surface area contributed by atoms with E-state index >= 15 is 0 Å². The first-order chi connectivity index (χ1) is 9.20. The molecule has 2 heterocycles. The van der Waals surface area contributed by atoms with Crippen LogP contribution in [0.25, 0.3) is 5.57 Å². The Balaban J connectivity index is 1.83. The molecule has 1 aliphatic heterocycles. The van der Waals surface area contributed by atoms with E-state index in [1.807, 2.05) is 20.0 Å². The molecule has 2 aliphatic rings. The molecule has 19 heavy (non-hydrogen) atoms. The molecule has 0 saturated carbocycles. The van der Waals surface area contributed by atoms with Crippen LogP contribution in [0.15, 0.2) is 24.5 Å². The Morgan fingerprint density at radius 2 is 2.21 bits per heavy atom. The van der Waals surface area contributed by atoms with E-state index in [4.69, 9.17) is 4.74 Å². The quantitative estimate of drug-likeness (QED) is 0.905. The Morgan fingerprint density at radius 1 is 1.32 bits per heavy atom. The summed E-state index contributed by atoms with van der Waals surface area (Å²) in [4.78, 5) is 4.33. The van der Waals surface area contributed by atoms with E-state index in [9.17, 15) is 0 Å². The number of piperidine rings is 1. The molecule has 1 aliphatic carbocycles. The lowest BCUT2D eigenvalue weighted by atomic mass is 9.78. The molecule has 1 aromatic heterocycles. The van der Waals surface area contributed by atoms with Crippen molar-refractivity contribution >= 4 is 5.57 Å². The molecule has 1 fully saturated rings. The summed E-state index contributed by atoms with van der Waals surface area (Å²) in [5.41, 5.74) is 2.68. The van der Waals surface area contributed by atoms with E-state index in [1.54, 1.807) is 6.20 Å². The van der Waals surface area contributed by atoms with E-state index < -0.39 is 0 Å². The van der Waals surface area contributed by atoms with Gasteiger partial charge in [0.25, 0.3) is 0 Å². The van der Waals surface area contributed by atoms with Gasteiger partial charge in [-0.05, 0) is 62.3 Å². The van der Waals surface area contributed by atoms with Crippen LogP contribution in [0.3, 0.4) is 0 Å². The zero-order valence-corrected chi connectivity index (χ0v) is 11.7. The van der Waals surface area contributed by atoms with Crippen molar-refractivity contribution in [3.63, 3.8) is 0 Å². The van der Waals surface area contributed by atoms with Crippen LogP contribution in [0.2, 0.25) is 0 Å². The molecular formula is C16H22N2O. The fourth-order valence-electron chi connectivity index (χ4n) is 3.16. The molecule has 0 unspecified atom stereocenters. The number of nitrogens with one attached hydrogen (secondary N) is 1. The summed E-state index contributed by atoms with van der Waals surface area (Å²) in [6, 6.07) is 2.13. The molecule has 3 heteroatoms. The standard InChI is InChI=1S/C16H22N2O/c1-11(2)19-16-6-15(9-18-10-16)14-4-12-3-13(5-14)8-17-7-12/h4,6,9-13,17H,3,5,7-8H2,1-2H3/t12-,13+/m1/s1.